The molecule has 2 aromatic heterocycles. The number of nitrogens with zero attached hydrogens (tertiary/aromatic N) is 2. The van der Waals surface area contributed by atoms with Crippen molar-refractivity contribution in [3.63, 3.8) is 0 Å². The van der Waals surface area contributed by atoms with Crippen LogP contribution in [0.5, 0.6) is 0 Å². The molecule has 0 fully saturated rings. The quantitative estimate of drug-likeness (QED) is 0.509. The van der Waals surface area contributed by atoms with Crippen molar-refractivity contribution in [2.24, 2.45) is 0 Å². The van der Waals surface area contributed by atoms with E-state index < -0.39 is 0 Å². The Morgan fingerprint density at radius 2 is 2.08 bits per heavy atom. The first kappa shape index (κ1) is 17.7. The highest BCUT2D eigenvalue weighted by molar-refractivity contribution is 9.13. The lowest BCUT2D eigenvalue weighted by Gasteiger charge is -2.06. The van der Waals surface area contributed by atoms with E-state index in [1.54, 1.807) is 6.07 Å². The van der Waals surface area contributed by atoms with Crippen LogP contribution in [0.15, 0.2) is 44.7 Å². The summed E-state index contributed by atoms with van der Waals surface area (Å²) < 4.78 is 3.56. The van der Waals surface area contributed by atoms with Gasteiger partial charge in [-0.2, -0.15) is 5.10 Å². The van der Waals surface area contributed by atoms with E-state index in [4.69, 9.17) is 11.6 Å². The molecule has 0 saturated carbocycles. The predicted octanol–water partition coefficient (Wildman–Crippen LogP) is 5.73. The Labute approximate surface area is 165 Å². The minimum Gasteiger partial charge on any atom is -0.304 e. The van der Waals surface area contributed by atoms with Crippen molar-refractivity contribution in [2.75, 3.05) is 5.32 Å². The van der Waals surface area contributed by atoms with Gasteiger partial charge in [0, 0.05) is 21.3 Å². The molecular weight excluding hydrogens is 478 g/mol. The van der Waals surface area contributed by atoms with Crippen molar-refractivity contribution in [2.45, 2.75) is 13.5 Å². The molecule has 3 aromatic rings. The number of carbonyl (C=O) groups is 1. The molecule has 2 heterocycles. The maximum atomic E-state index is 12.3. The molecule has 0 radical (unpaired) electrons. The number of hydrogen-bond acceptors (Lipinski definition) is 3. The summed E-state index contributed by atoms with van der Waals surface area (Å²) in [5.41, 5.74) is 1.92. The van der Waals surface area contributed by atoms with Crippen molar-refractivity contribution in [1.29, 1.82) is 0 Å². The molecule has 1 aromatic carbocycles. The molecule has 8 heteroatoms. The molecule has 0 unspecified atom stereocenters. The topological polar surface area (TPSA) is 46.9 Å². The fourth-order valence-corrected chi connectivity index (χ4v) is 4.28. The van der Waals surface area contributed by atoms with Gasteiger partial charge in [0.15, 0.2) is 5.82 Å². The van der Waals surface area contributed by atoms with E-state index in [2.05, 4.69) is 42.3 Å². The molecule has 3 rings (SSSR count). The Bertz CT molecular complexity index is 887. The second kappa shape index (κ2) is 7.39. The minimum atomic E-state index is -0.186. The first-order chi connectivity index (χ1) is 11.4. The van der Waals surface area contributed by atoms with Gasteiger partial charge in [-0.25, -0.2) is 0 Å². The van der Waals surface area contributed by atoms with Gasteiger partial charge in [-0.1, -0.05) is 29.8 Å². The number of anilines is 1. The fourth-order valence-electron chi connectivity index (χ4n) is 2.16. The molecule has 124 valence electrons. The van der Waals surface area contributed by atoms with Crippen LogP contribution < -0.4 is 5.32 Å². The van der Waals surface area contributed by atoms with Gasteiger partial charge < -0.3 is 5.32 Å². The number of aromatic nitrogens is 2. The fraction of sp³-hybridized carbons (Fsp3) is 0.125. The van der Waals surface area contributed by atoms with E-state index in [1.165, 1.54) is 11.3 Å². The summed E-state index contributed by atoms with van der Waals surface area (Å²) in [6.07, 6.45) is 0. The highest BCUT2D eigenvalue weighted by atomic mass is 79.9. The Morgan fingerprint density at radius 3 is 2.75 bits per heavy atom. The lowest BCUT2D eigenvalue weighted by atomic mass is 10.2. The minimum absolute atomic E-state index is 0.186. The molecule has 0 bridgehead atoms. The van der Waals surface area contributed by atoms with Crippen LogP contribution in [0.3, 0.4) is 0 Å². The molecule has 1 amide bonds. The third-order valence-corrected chi connectivity index (χ3v) is 6.99. The number of nitrogens with one attached hydrogen (secondary N) is 1. The Kier molecular flexibility index (Phi) is 5.44. The van der Waals surface area contributed by atoms with Crippen LogP contribution in [0.4, 0.5) is 5.82 Å². The second-order valence-corrected chi connectivity index (χ2v) is 8.74. The number of amides is 1. The van der Waals surface area contributed by atoms with Gasteiger partial charge in [0.2, 0.25) is 0 Å². The van der Waals surface area contributed by atoms with E-state index in [1.807, 2.05) is 41.9 Å². The number of rotatable bonds is 4. The summed E-state index contributed by atoms with van der Waals surface area (Å²) in [5.74, 6) is 0.332. The van der Waals surface area contributed by atoms with Crippen molar-refractivity contribution >= 4 is 66.5 Å². The van der Waals surface area contributed by atoms with Crippen LogP contribution in [0.1, 0.15) is 20.9 Å². The zero-order valence-electron chi connectivity index (χ0n) is 12.5. The van der Waals surface area contributed by atoms with E-state index in [0.717, 1.165) is 19.5 Å². The molecule has 1 N–H and O–H groups in total. The highest BCUT2D eigenvalue weighted by Gasteiger charge is 2.14. The molecule has 0 atom stereocenters. The molecule has 0 aliphatic rings. The largest absolute Gasteiger partial charge is 0.304 e. The smallest absolute Gasteiger partial charge is 0.267 e. The summed E-state index contributed by atoms with van der Waals surface area (Å²) in [7, 11) is 0. The Morgan fingerprint density at radius 1 is 1.33 bits per heavy atom. The van der Waals surface area contributed by atoms with Crippen LogP contribution >= 0.6 is 54.8 Å². The normalized spacial score (nSPS) is 10.8. The standard InChI is InChI=1S/C16H12Br2ClN3OS/c1-9-6-14(20-16(23)13-7-11(17)15(18)24-13)21-22(9)8-10-4-2-3-5-12(10)19/h2-7H,8H2,1H3,(H,20,21,23). The summed E-state index contributed by atoms with van der Waals surface area (Å²) in [6, 6.07) is 11.3. The average Bonchev–Trinajstić information content (AvgIpc) is 3.05. The summed E-state index contributed by atoms with van der Waals surface area (Å²) >= 11 is 14.3. The summed E-state index contributed by atoms with van der Waals surface area (Å²) in [5, 5.41) is 7.97. The zero-order chi connectivity index (χ0) is 17.3. The van der Waals surface area contributed by atoms with Crippen LogP contribution in [0.25, 0.3) is 0 Å². The second-order valence-electron chi connectivity index (χ2n) is 5.11. The van der Waals surface area contributed by atoms with Gasteiger partial charge in [0.25, 0.3) is 5.91 Å². The molecule has 0 aliphatic carbocycles. The van der Waals surface area contributed by atoms with E-state index in [0.29, 0.717) is 22.3 Å². The number of carbonyl (C=O) groups excluding carboxylic acids is 1. The first-order valence-electron chi connectivity index (χ1n) is 6.98. The molecule has 4 nitrogen and oxygen atoms in total. The van der Waals surface area contributed by atoms with Gasteiger partial charge in [-0.05, 0) is 56.5 Å². The summed E-state index contributed by atoms with van der Waals surface area (Å²) in [6.45, 7) is 2.50. The van der Waals surface area contributed by atoms with Gasteiger partial charge >= 0.3 is 0 Å². The number of hydrogen-bond donors (Lipinski definition) is 1. The van der Waals surface area contributed by atoms with E-state index >= 15 is 0 Å². The first-order valence-corrected chi connectivity index (χ1v) is 9.76. The molecule has 0 spiro atoms. The van der Waals surface area contributed by atoms with Crippen LogP contribution in [-0.4, -0.2) is 15.7 Å². The van der Waals surface area contributed by atoms with Crippen molar-refractivity contribution in [3.05, 3.63) is 65.8 Å². The van der Waals surface area contributed by atoms with Crippen molar-refractivity contribution in [3.8, 4) is 0 Å². The Hall–Kier alpha value is -1.15. The third kappa shape index (κ3) is 3.91. The molecule has 24 heavy (non-hydrogen) atoms. The van der Waals surface area contributed by atoms with Gasteiger partial charge in [-0.3, -0.25) is 9.48 Å². The van der Waals surface area contributed by atoms with Crippen LogP contribution in [-0.2, 0) is 6.54 Å². The number of aryl methyl sites for hydroxylation is 1. The lowest BCUT2D eigenvalue weighted by molar-refractivity contribution is 0.103. The average molecular weight is 490 g/mol. The number of thiophene rings is 1. The maximum Gasteiger partial charge on any atom is 0.267 e. The van der Waals surface area contributed by atoms with E-state index in [-0.39, 0.29) is 5.91 Å². The predicted molar refractivity (Wildman–Crippen MR) is 105 cm³/mol. The molecular formula is C16H12Br2ClN3OS. The van der Waals surface area contributed by atoms with Gasteiger partial charge in [-0.15, -0.1) is 11.3 Å². The number of halogens is 3. The highest BCUT2D eigenvalue weighted by Crippen LogP contribution is 2.32. The van der Waals surface area contributed by atoms with E-state index in [9.17, 15) is 4.79 Å². The van der Waals surface area contributed by atoms with Gasteiger partial charge in [0.05, 0.1) is 15.2 Å². The monoisotopic (exact) mass is 487 g/mol. The van der Waals surface area contributed by atoms with Gasteiger partial charge in [0.1, 0.15) is 0 Å². The molecule has 0 aliphatic heterocycles. The number of benzene rings is 1. The third-order valence-electron chi connectivity index (χ3n) is 3.37. The maximum absolute atomic E-state index is 12.3. The van der Waals surface area contributed by atoms with Crippen LogP contribution in [0, 0.1) is 6.92 Å². The Balaban J connectivity index is 1.76. The lowest BCUT2D eigenvalue weighted by Crippen LogP contribution is -2.11. The summed E-state index contributed by atoms with van der Waals surface area (Å²) in [4.78, 5) is 12.9. The van der Waals surface area contributed by atoms with Crippen LogP contribution in [0.2, 0.25) is 5.02 Å². The molecule has 0 saturated heterocycles. The van der Waals surface area contributed by atoms with Crippen molar-refractivity contribution in [1.82, 2.24) is 9.78 Å². The SMILES string of the molecule is Cc1cc(NC(=O)c2cc(Br)c(Br)s2)nn1Cc1ccccc1Cl. The zero-order valence-corrected chi connectivity index (χ0v) is 17.3. The van der Waals surface area contributed by atoms with Crippen molar-refractivity contribution < 1.29 is 4.79 Å².